The third kappa shape index (κ3) is 4.23. The number of hydrogen-bond donors (Lipinski definition) is 1. The van der Waals surface area contributed by atoms with Gasteiger partial charge in [0.05, 0.1) is 6.10 Å². The number of hydrogen-bond acceptors (Lipinski definition) is 2. The first-order valence-electron chi connectivity index (χ1n) is 5.89. The van der Waals surface area contributed by atoms with E-state index in [2.05, 4.69) is 0 Å². The highest BCUT2D eigenvalue weighted by molar-refractivity contribution is 5.82. The van der Waals surface area contributed by atoms with Crippen molar-refractivity contribution in [2.24, 2.45) is 11.8 Å². The maximum Gasteiger partial charge on any atom is 0.135 e. The molecular weight excluding hydrogens is 176 g/mol. The van der Waals surface area contributed by atoms with Crippen molar-refractivity contribution < 1.29 is 9.90 Å². The first-order chi connectivity index (χ1) is 6.69. The van der Waals surface area contributed by atoms with Gasteiger partial charge in [-0.15, -0.1) is 0 Å². The fraction of sp³-hybridized carbons (Fsp3) is 0.917. The summed E-state index contributed by atoms with van der Waals surface area (Å²) in [6.07, 6.45) is 6.53. The van der Waals surface area contributed by atoms with E-state index in [1.807, 2.05) is 13.8 Å². The predicted octanol–water partition coefficient (Wildman–Crippen LogP) is 2.54. The number of aliphatic hydroxyl groups is 1. The minimum atomic E-state index is 0.0139. The molecule has 0 spiro atoms. The van der Waals surface area contributed by atoms with Crippen LogP contribution in [-0.2, 0) is 4.79 Å². The van der Waals surface area contributed by atoms with E-state index < -0.39 is 0 Å². The summed E-state index contributed by atoms with van der Waals surface area (Å²) in [7, 11) is 0. The van der Waals surface area contributed by atoms with Gasteiger partial charge in [0.25, 0.3) is 0 Å². The Morgan fingerprint density at radius 1 is 1.29 bits per heavy atom. The Balaban J connectivity index is 0.000000140. The fourth-order valence-electron chi connectivity index (χ4n) is 1.51. The average Bonchev–Trinajstić information content (AvgIpc) is 3.07. The molecule has 2 nitrogen and oxygen atoms in total. The van der Waals surface area contributed by atoms with Crippen LogP contribution in [0.25, 0.3) is 0 Å². The Morgan fingerprint density at radius 2 is 1.86 bits per heavy atom. The summed E-state index contributed by atoms with van der Waals surface area (Å²) >= 11 is 0. The number of carbonyl (C=O) groups excluding carboxylic acids is 1. The highest BCUT2D eigenvalue weighted by Gasteiger charge is 2.28. The van der Waals surface area contributed by atoms with Crippen LogP contribution in [0.4, 0.5) is 0 Å². The summed E-state index contributed by atoms with van der Waals surface area (Å²) in [5, 5.41) is 9.00. The lowest BCUT2D eigenvalue weighted by Gasteiger charge is -2.01. The van der Waals surface area contributed by atoms with Gasteiger partial charge in [0.2, 0.25) is 0 Å². The van der Waals surface area contributed by atoms with Crippen molar-refractivity contribution in [2.45, 2.75) is 58.5 Å². The smallest absolute Gasteiger partial charge is 0.135 e. The zero-order valence-corrected chi connectivity index (χ0v) is 9.33. The van der Waals surface area contributed by atoms with Crippen molar-refractivity contribution in [3.05, 3.63) is 0 Å². The quantitative estimate of drug-likeness (QED) is 0.753. The van der Waals surface area contributed by atoms with Crippen molar-refractivity contribution in [1.29, 1.82) is 0 Å². The van der Waals surface area contributed by atoms with Crippen molar-refractivity contribution in [2.75, 3.05) is 0 Å². The molecule has 2 aliphatic carbocycles. The molecule has 0 aromatic carbocycles. The lowest BCUT2D eigenvalue weighted by molar-refractivity contribution is -0.119. The van der Waals surface area contributed by atoms with Crippen LogP contribution in [0.5, 0.6) is 0 Å². The minimum Gasteiger partial charge on any atom is -0.393 e. The van der Waals surface area contributed by atoms with Gasteiger partial charge in [-0.05, 0) is 38.0 Å². The number of rotatable bonds is 4. The molecule has 0 aliphatic heterocycles. The molecule has 1 unspecified atom stereocenters. The molecule has 0 saturated heterocycles. The Morgan fingerprint density at radius 3 is 2.00 bits per heavy atom. The maximum atomic E-state index is 10.6. The van der Waals surface area contributed by atoms with Crippen molar-refractivity contribution in [3.8, 4) is 0 Å². The molecule has 1 N–H and O–H groups in total. The third-order valence-electron chi connectivity index (χ3n) is 2.97. The molecule has 2 aliphatic rings. The van der Waals surface area contributed by atoms with Gasteiger partial charge in [0.1, 0.15) is 5.78 Å². The standard InChI is InChI=1S/C6H12O.C6H10O/c2*1-2-6(7)5-3-4-5/h5-7H,2-4H2,1H3;5H,2-4H2,1H3. The number of aliphatic hydroxyl groups excluding tert-OH is 1. The summed E-state index contributed by atoms with van der Waals surface area (Å²) in [4.78, 5) is 10.6. The highest BCUT2D eigenvalue weighted by Crippen LogP contribution is 2.33. The first kappa shape index (κ1) is 11.7. The van der Waals surface area contributed by atoms with E-state index >= 15 is 0 Å². The molecule has 0 radical (unpaired) electrons. The van der Waals surface area contributed by atoms with Crippen LogP contribution < -0.4 is 0 Å². The Kier molecular flexibility index (Phi) is 4.59. The Hall–Kier alpha value is -0.370. The van der Waals surface area contributed by atoms with Gasteiger partial charge >= 0.3 is 0 Å². The van der Waals surface area contributed by atoms with Gasteiger partial charge in [-0.1, -0.05) is 13.8 Å². The van der Waals surface area contributed by atoms with Gasteiger partial charge in [0.15, 0.2) is 0 Å². The lowest BCUT2D eigenvalue weighted by Crippen LogP contribution is -2.05. The van der Waals surface area contributed by atoms with E-state index in [1.165, 1.54) is 12.8 Å². The molecule has 14 heavy (non-hydrogen) atoms. The van der Waals surface area contributed by atoms with E-state index in [9.17, 15) is 4.79 Å². The molecule has 2 heteroatoms. The first-order valence-corrected chi connectivity index (χ1v) is 5.89. The van der Waals surface area contributed by atoms with Crippen LogP contribution in [0.3, 0.4) is 0 Å². The zero-order chi connectivity index (χ0) is 10.6. The molecule has 0 amide bonds. The highest BCUT2D eigenvalue weighted by atomic mass is 16.3. The second-order valence-electron chi connectivity index (χ2n) is 4.41. The van der Waals surface area contributed by atoms with Crippen LogP contribution in [0.15, 0.2) is 0 Å². The largest absolute Gasteiger partial charge is 0.393 e. The second kappa shape index (κ2) is 5.50. The predicted molar refractivity (Wildman–Crippen MR) is 57.0 cm³/mol. The normalized spacial score (nSPS) is 22.2. The molecule has 0 aromatic rings. The molecular formula is C12H22O2. The Labute approximate surface area is 86.7 Å². The topological polar surface area (TPSA) is 37.3 Å². The van der Waals surface area contributed by atoms with Gasteiger partial charge in [-0.2, -0.15) is 0 Å². The van der Waals surface area contributed by atoms with Crippen molar-refractivity contribution >= 4 is 5.78 Å². The van der Waals surface area contributed by atoms with Crippen LogP contribution in [-0.4, -0.2) is 17.0 Å². The molecule has 1 atom stereocenters. The van der Waals surface area contributed by atoms with Gasteiger partial charge in [-0.25, -0.2) is 0 Å². The molecule has 0 bridgehead atoms. The SMILES string of the molecule is CCC(=O)C1CC1.CCC(O)C1CC1. The van der Waals surface area contributed by atoms with Crippen LogP contribution >= 0.6 is 0 Å². The Bertz CT molecular complexity index is 181. The summed E-state index contributed by atoms with van der Waals surface area (Å²) in [5.41, 5.74) is 0. The summed E-state index contributed by atoms with van der Waals surface area (Å²) in [6, 6.07) is 0. The van der Waals surface area contributed by atoms with Crippen molar-refractivity contribution in [3.63, 3.8) is 0 Å². The second-order valence-corrected chi connectivity index (χ2v) is 4.41. The van der Waals surface area contributed by atoms with Crippen molar-refractivity contribution in [1.82, 2.24) is 0 Å². The van der Waals surface area contributed by atoms with E-state index in [-0.39, 0.29) is 6.10 Å². The van der Waals surface area contributed by atoms with E-state index in [4.69, 9.17) is 5.11 Å². The van der Waals surface area contributed by atoms with E-state index in [0.29, 0.717) is 17.6 Å². The molecule has 0 aromatic heterocycles. The molecule has 82 valence electrons. The number of carbonyl (C=O) groups is 1. The third-order valence-corrected chi connectivity index (χ3v) is 2.97. The fourth-order valence-corrected chi connectivity index (χ4v) is 1.51. The summed E-state index contributed by atoms with van der Waals surface area (Å²) in [5.74, 6) is 1.61. The van der Waals surface area contributed by atoms with Gasteiger partial charge < -0.3 is 5.11 Å². The van der Waals surface area contributed by atoms with Crippen LogP contribution in [0, 0.1) is 11.8 Å². The monoisotopic (exact) mass is 198 g/mol. The molecule has 2 rings (SSSR count). The average molecular weight is 198 g/mol. The molecule has 0 heterocycles. The van der Waals surface area contributed by atoms with E-state index in [0.717, 1.165) is 25.7 Å². The number of ketones is 1. The number of Topliss-reactive ketones (excluding diaryl/α,β-unsaturated/α-hetero) is 1. The van der Waals surface area contributed by atoms with Gasteiger partial charge in [-0.3, -0.25) is 4.79 Å². The molecule has 2 saturated carbocycles. The van der Waals surface area contributed by atoms with E-state index in [1.54, 1.807) is 0 Å². The molecule has 2 fully saturated rings. The lowest BCUT2D eigenvalue weighted by atomic mass is 10.2. The summed E-state index contributed by atoms with van der Waals surface area (Å²) < 4.78 is 0. The minimum absolute atomic E-state index is 0.0139. The van der Waals surface area contributed by atoms with Gasteiger partial charge in [0, 0.05) is 12.3 Å². The van der Waals surface area contributed by atoms with Crippen LogP contribution in [0.2, 0.25) is 0 Å². The zero-order valence-electron chi connectivity index (χ0n) is 9.33. The summed E-state index contributed by atoms with van der Waals surface area (Å²) in [6.45, 7) is 3.96. The van der Waals surface area contributed by atoms with Crippen LogP contribution in [0.1, 0.15) is 52.4 Å². The maximum absolute atomic E-state index is 10.6.